The molecule has 0 aliphatic carbocycles. The Morgan fingerprint density at radius 3 is 2.86 bits per heavy atom. The smallest absolute Gasteiger partial charge is 0.236 e. The maximum atomic E-state index is 4.59. The number of nitrogens with one attached hydrogen (secondary N) is 1. The number of rotatable bonds is 4. The van der Waals surface area contributed by atoms with Crippen LogP contribution >= 0.6 is 11.3 Å². The maximum absolute atomic E-state index is 4.59. The largest absolute Gasteiger partial charge is 0.327 e. The highest BCUT2D eigenvalue weighted by Gasteiger charge is 2.13. The summed E-state index contributed by atoms with van der Waals surface area (Å²) in [7, 11) is 1.88. The number of anilines is 2. The van der Waals surface area contributed by atoms with Gasteiger partial charge in [-0.15, -0.1) is 15.3 Å². The molecule has 1 aromatic carbocycles. The molecule has 0 saturated heterocycles. The summed E-state index contributed by atoms with van der Waals surface area (Å²) in [5, 5.41) is 22.4. The zero-order chi connectivity index (χ0) is 19.5. The second-order valence-electron chi connectivity index (χ2n) is 5.95. The third-order valence-electron chi connectivity index (χ3n) is 4.04. The van der Waals surface area contributed by atoms with Crippen LogP contribution in [0.3, 0.4) is 0 Å². The number of aromatic nitrogens is 7. The molecule has 142 valence electrons. The van der Waals surface area contributed by atoms with E-state index in [0.29, 0.717) is 6.42 Å². The molecule has 0 aliphatic rings. The molecule has 5 aromatic rings. The molecule has 0 atom stereocenters. The molecular formula is C19H20N8S. The number of benzene rings is 1. The van der Waals surface area contributed by atoms with E-state index in [2.05, 4.69) is 48.9 Å². The minimum absolute atomic E-state index is 0.655. The highest BCUT2D eigenvalue weighted by atomic mass is 32.1. The van der Waals surface area contributed by atoms with Crippen molar-refractivity contribution in [2.45, 2.75) is 20.3 Å². The van der Waals surface area contributed by atoms with Gasteiger partial charge in [0.2, 0.25) is 10.1 Å². The zero-order valence-electron chi connectivity index (χ0n) is 15.9. The molecule has 1 N–H and O–H groups in total. The van der Waals surface area contributed by atoms with Crippen LogP contribution in [0.1, 0.15) is 25.2 Å². The van der Waals surface area contributed by atoms with Crippen LogP contribution < -0.4 is 5.32 Å². The summed E-state index contributed by atoms with van der Waals surface area (Å²) in [5.41, 5.74) is 3.02. The predicted octanol–water partition coefficient (Wildman–Crippen LogP) is 3.83. The van der Waals surface area contributed by atoms with Crippen LogP contribution in [0.15, 0.2) is 48.9 Å². The van der Waals surface area contributed by atoms with Crippen molar-refractivity contribution >= 4 is 38.0 Å². The van der Waals surface area contributed by atoms with Gasteiger partial charge < -0.3 is 5.32 Å². The van der Waals surface area contributed by atoms with Crippen LogP contribution in [-0.4, -0.2) is 34.6 Å². The molecule has 0 amide bonds. The van der Waals surface area contributed by atoms with Gasteiger partial charge in [0, 0.05) is 31.2 Å². The fourth-order valence-electron chi connectivity index (χ4n) is 2.85. The third kappa shape index (κ3) is 3.56. The maximum Gasteiger partial charge on any atom is 0.236 e. The highest BCUT2D eigenvalue weighted by molar-refractivity contribution is 7.20. The molecule has 0 radical (unpaired) electrons. The summed E-state index contributed by atoms with van der Waals surface area (Å²) in [6, 6.07) is 10.2. The van der Waals surface area contributed by atoms with Crippen molar-refractivity contribution in [3.8, 4) is 0 Å². The SMILES string of the molecule is CC.Cn1cc(Nc2nn3c(Cc4ccc5ncccc5c4)nnc3s2)cn1. The molecule has 28 heavy (non-hydrogen) atoms. The van der Waals surface area contributed by atoms with Gasteiger partial charge in [0.05, 0.1) is 17.4 Å². The summed E-state index contributed by atoms with van der Waals surface area (Å²) in [6.07, 6.45) is 6.11. The van der Waals surface area contributed by atoms with E-state index < -0.39 is 0 Å². The van der Waals surface area contributed by atoms with Crippen LogP contribution in [0, 0.1) is 0 Å². The molecule has 0 saturated carbocycles. The highest BCUT2D eigenvalue weighted by Crippen LogP contribution is 2.23. The Balaban J connectivity index is 0.000000932. The Bertz CT molecular complexity index is 1220. The lowest BCUT2D eigenvalue weighted by atomic mass is 10.1. The minimum atomic E-state index is 0.655. The minimum Gasteiger partial charge on any atom is -0.327 e. The predicted molar refractivity (Wildman–Crippen MR) is 111 cm³/mol. The molecule has 4 heterocycles. The molecule has 8 nitrogen and oxygen atoms in total. The monoisotopic (exact) mass is 392 g/mol. The van der Waals surface area contributed by atoms with Gasteiger partial charge in [0.25, 0.3) is 0 Å². The number of hydrogen-bond acceptors (Lipinski definition) is 7. The first kappa shape index (κ1) is 18.1. The van der Waals surface area contributed by atoms with Gasteiger partial charge in [-0.3, -0.25) is 9.67 Å². The lowest BCUT2D eigenvalue weighted by molar-refractivity contribution is 0.768. The van der Waals surface area contributed by atoms with Crippen molar-refractivity contribution in [2.75, 3.05) is 5.32 Å². The molecule has 9 heteroatoms. The van der Waals surface area contributed by atoms with Crippen molar-refractivity contribution in [1.29, 1.82) is 0 Å². The number of hydrogen-bond donors (Lipinski definition) is 1. The normalized spacial score (nSPS) is 10.8. The quantitative estimate of drug-likeness (QED) is 0.500. The standard InChI is InChI=1S/C17H14N8S.C2H6/c1-24-10-13(9-19-24)20-16-23-25-15(21-22-17(25)26-16)8-11-4-5-14-12(7-11)3-2-6-18-14;1-2/h2-7,9-10H,8H2,1H3,(H,20,23);1-2H3. The van der Waals surface area contributed by atoms with Crippen LogP contribution in [0.2, 0.25) is 0 Å². The third-order valence-corrected chi connectivity index (χ3v) is 4.86. The average Bonchev–Trinajstić information content (AvgIpc) is 3.41. The van der Waals surface area contributed by atoms with Gasteiger partial charge >= 0.3 is 0 Å². The zero-order valence-corrected chi connectivity index (χ0v) is 16.7. The van der Waals surface area contributed by atoms with Crippen molar-refractivity contribution < 1.29 is 0 Å². The molecule has 0 aliphatic heterocycles. The van der Waals surface area contributed by atoms with Gasteiger partial charge in [0.1, 0.15) is 0 Å². The van der Waals surface area contributed by atoms with Crippen molar-refractivity contribution in [3.63, 3.8) is 0 Å². The first-order chi connectivity index (χ1) is 13.7. The summed E-state index contributed by atoms with van der Waals surface area (Å²) in [5.74, 6) is 0.804. The van der Waals surface area contributed by atoms with Gasteiger partial charge in [-0.1, -0.05) is 37.3 Å². The van der Waals surface area contributed by atoms with Crippen LogP contribution in [-0.2, 0) is 13.5 Å². The first-order valence-electron chi connectivity index (χ1n) is 9.05. The molecule has 0 spiro atoms. The molecule has 0 bridgehead atoms. The average molecular weight is 392 g/mol. The number of nitrogens with zero attached hydrogens (tertiary/aromatic N) is 7. The van der Waals surface area contributed by atoms with E-state index in [4.69, 9.17) is 0 Å². The lowest BCUT2D eigenvalue weighted by Crippen LogP contribution is -1.99. The van der Waals surface area contributed by atoms with Crippen LogP contribution in [0.25, 0.3) is 15.9 Å². The summed E-state index contributed by atoms with van der Waals surface area (Å²) < 4.78 is 3.53. The van der Waals surface area contributed by atoms with E-state index in [9.17, 15) is 0 Å². The lowest BCUT2D eigenvalue weighted by Gasteiger charge is -2.01. The fraction of sp³-hybridized carbons (Fsp3) is 0.211. The summed E-state index contributed by atoms with van der Waals surface area (Å²) in [4.78, 5) is 5.11. The number of aryl methyl sites for hydroxylation is 1. The topological polar surface area (TPSA) is 85.8 Å². The van der Waals surface area contributed by atoms with Crippen LogP contribution in [0.5, 0.6) is 0 Å². The van der Waals surface area contributed by atoms with Gasteiger partial charge in [-0.2, -0.15) is 9.61 Å². The van der Waals surface area contributed by atoms with Gasteiger partial charge in [0.15, 0.2) is 5.82 Å². The molecule has 0 unspecified atom stereocenters. The van der Waals surface area contributed by atoms with E-state index in [1.165, 1.54) is 11.3 Å². The Morgan fingerprint density at radius 2 is 2.04 bits per heavy atom. The molecule has 5 rings (SSSR count). The summed E-state index contributed by atoms with van der Waals surface area (Å²) >= 11 is 1.46. The number of pyridine rings is 1. The van der Waals surface area contributed by atoms with Crippen molar-refractivity contribution in [2.24, 2.45) is 7.05 Å². The Hall–Kier alpha value is -3.33. The second kappa shape index (κ2) is 7.73. The Morgan fingerprint density at radius 1 is 1.14 bits per heavy atom. The van der Waals surface area contributed by atoms with E-state index in [-0.39, 0.29) is 0 Å². The molecule has 4 aromatic heterocycles. The van der Waals surface area contributed by atoms with E-state index in [1.54, 1.807) is 21.6 Å². The fourth-order valence-corrected chi connectivity index (χ4v) is 3.62. The molecule has 0 fully saturated rings. The van der Waals surface area contributed by atoms with Gasteiger partial charge in [-0.25, -0.2) is 0 Å². The van der Waals surface area contributed by atoms with E-state index in [1.807, 2.05) is 39.2 Å². The Kier molecular flexibility index (Phi) is 4.98. The van der Waals surface area contributed by atoms with E-state index >= 15 is 0 Å². The van der Waals surface area contributed by atoms with Gasteiger partial charge in [-0.05, 0) is 23.8 Å². The van der Waals surface area contributed by atoms with E-state index in [0.717, 1.165) is 38.1 Å². The Labute approximate surface area is 165 Å². The molecular weight excluding hydrogens is 372 g/mol. The van der Waals surface area contributed by atoms with Crippen LogP contribution in [0.4, 0.5) is 10.8 Å². The second-order valence-corrected chi connectivity index (χ2v) is 6.91. The van der Waals surface area contributed by atoms with Crippen molar-refractivity contribution in [1.82, 2.24) is 34.6 Å². The summed E-state index contributed by atoms with van der Waals surface area (Å²) in [6.45, 7) is 4.00. The number of fused-ring (bicyclic) bond motifs is 2. The van der Waals surface area contributed by atoms with Crippen molar-refractivity contribution in [3.05, 3.63) is 60.3 Å². The first-order valence-corrected chi connectivity index (χ1v) is 9.87.